The number of hydrogen-bond acceptors (Lipinski definition) is 2. The van der Waals surface area contributed by atoms with Crippen LogP contribution in [0.25, 0.3) is 0 Å². The van der Waals surface area contributed by atoms with Gasteiger partial charge in [-0.1, -0.05) is 25.2 Å². The summed E-state index contributed by atoms with van der Waals surface area (Å²) in [6.07, 6.45) is 8.73. The Balaban J connectivity index is 2.40. The molecule has 0 amide bonds. The first-order valence-corrected chi connectivity index (χ1v) is 4.65. The molecule has 0 aromatic rings. The molecule has 1 N–H and O–H groups in total. The topological polar surface area (TPSA) is 29.1 Å². The normalized spacial score (nSPS) is 26.8. The fraction of sp³-hybridized carbons (Fsp3) is 0.364. The molecule has 0 aromatic heterocycles. The molecule has 1 aliphatic heterocycles. The van der Waals surface area contributed by atoms with Gasteiger partial charge in [0.05, 0.1) is 0 Å². The van der Waals surface area contributed by atoms with Gasteiger partial charge in [-0.2, -0.15) is 0 Å². The van der Waals surface area contributed by atoms with Gasteiger partial charge in [0.25, 0.3) is 0 Å². The van der Waals surface area contributed by atoms with E-state index in [9.17, 15) is 4.79 Å². The Morgan fingerprint density at radius 1 is 1.38 bits per heavy atom. The summed E-state index contributed by atoms with van der Waals surface area (Å²) in [4.78, 5) is 11.5. The minimum Gasteiger partial charge on any atom is -0.384 e. The van der Waals surface area contributed by atoms with Gasteiger partial charge in [-0.25, -0.2) is 0 Å². The van der Waals surface area contributed by atoms with Crippen LogP contribution < -0.4 is 5.32 Å². The van der Waals surface area contributed by atoms with Crippen molar-refractivity contribution in [3.8, 4) is 0 Å². The van der Waals surface area contributed by atoms with E-state index < -0.39 is 0 Å². The highest BCUT2D eigenvalue weighted by Gasteiger charge is 2.17. The fourth-order valence-electron chi connectivity index (χ4n) is 1.58. The van der Waals surface area contributed by atoms with Crippen LogP contribution in [0, 0.1) is 5.92 Å². The average Bonchev–Trinajstić information content (AvgIpc) is 2.30. The number of Topliss-reactive ketones (excluding diaryl/α,β-unsaturated/α-hetero) is 1. The van der Waals surface area contributed by atoms with Crippen molar-refractivity contribution < 1.29 is 4.79 Å². The van der Waals surface area contributed by atoms with Crippen LogP contribution in [0.3, 0.4) is 0 Å². The first kappa shape index (κ1) is 8.30. The molecule has 1 unspecified atom stereocenters. The lowest BCUT2D eigenvalue weighted by Crippen LogP contribution is -2.25. The van der Waals surface area contributed by atoms with Crippen molar-refractivity contribution in [2.45, 2.75) is 13.3 Å². The summed E-state index contributed by atoms with van der Waals surface area (Å²) in [5, 5.41) is 3.23. The average molecular weight is 175 g/mol. The Labute approximate surface area is 78.0 Å². The number of hydrogen-bond donors (Lipinski definition) is 1. The summed E-state index contributed by atoms with van der Waals surface area (Å²) in [5.74, 6) is 0.670. The third kappa shape index (κ3) is 1.57. The van der Waals surface area contributed by atoms with Crippen molar-refractivity contribution in [1.82, 2.24) is 5.32 Å². The molecule has 68 valence electrons. The SMILES string of the molecule is CC1C=CC2=C(C=C1)C(=O)CCN2. The Morgan fingerprint density at radius 2 is 2.15 bits per heavy atom. The summed E-state index contributed by atoms with van der Waals surface area (Å²) < 4.78 is 0. The molecule has 0 saturated heterocycles. The van der Waals surface area contributed by atoms with Gasteiger partial charge < -0.3 is 5.32 Å². The summed E-state index contributed by atoms with van der Waals surface area (Å²) in [7, 11) is 0. The first-order valence-electron chi connectivity index (χ1n) is 4.65. The summed E-state index contributed by atoms with van der Waals surface area (Å²) in [5.41, 5.74) is 1.82. The van der Waals surface area contributed by atoms with Gasteiger partial charge in [0.1, 0.15) is 0 Å². The van der Waals surface area contributed by atoms with Crippen LogP contribution in [0.15, 0.2) is 35.6 Å². The molecule has 13 heavy (non-hydrogen) atoms. The Kier molecular flexibility index (Phi) is 2.05. The zero-order chi connectivity index (χ0) is 9.26. The Hall–Kier alpha value is -1.31. The molecule has 1 atom stereocenters. The van der Waals surface area contributed by atoms with E-state index in [1.807, 2.05) is 12.2 Å². The largest absolute Gasteiger partial charge is 0.384 e. The van der Waals surface area contributed by atoms with Gasteiger partial charge in [-0.15, -0.1) is 0 Å². The lowest BCUT2D eigenvalue weighted by molar-refractivity contribution is -0.115. The van der Waals surface area contributed by atoms with Crippen molar-refractivity contribution in [2.75, 3.05) is 6.54 Å². The molecular weight excluding hydrogens is 162 g/mol. The standard InChI is InChI=1S/C11H13NO/c1-8-2-4-9-10(5-3-8)12-7-6-11(9)13/h2-5,8,12H,6-7H2,1H3. The Morgan fingerprint density at radius 3 is 3.00 bits per heavy atom. The van der Waals surface area contributed by atoms with Gasteiger partial charge in [0.15, 0.2) is 5.78 Å². The minimum absolute atomic E-state index is 0.253. The lowest BCUT2D eigenvalue weighted by atomic mass is 10.0. The van der Waals surface area contributed by atoms with Crippen LogP contribution in [-0.4, -0.2) is 12.3 Å². The highest BCUT2D eigenvalue weighted by atomic mass is 16.1. The van der Waals surface area contributed by atoms with Crippen LogP contribution in [0.4, 0.5) is 0 Å². The van der Waals surface area contributed by atoms with Gasteiger partial charge in [-0.3, -0.25) is 4.79 Å². The molecule has 1 heterocycles. The molecule has 0 bridgehead atoms. The molecular formula is C11H13NO. The molecule has 0 radical (unpaired) electrons. The van der Waals surface area contributed by atoms with Crippen molar-refractivity contribution >= 4 is 5.78 Å². The zero-order valence-electron chi connectivity index (χ0n) is 7.71. The third-order valence-electron chi connectivity index (χ3n) is 2.39. The smallest absolute Gasteiger partial charge is 0.166 e. The molecule has 2 heteroatoms. The minimum atomic E-state index is 0.253. The Bertz CT molecular complexity index is 323. The summed E-state index contributed by atoms with van der Waals surface area (Å²) in [6, 6.07) is 0. The van der Waals surface area contributed by atoms with E-state index >= 15 is 0 Å². The van der Waals surface area contributed by atoms with E-state index in [4.69, 9.17) is 0 Å². The quantitative estimate of drug-likeness (QED) is 0.605. The second-order valence-electron chi connectivity index (χ2n) is 3.50. The number of carbonyl (C=O) groups excluding carboxylic acids is 1. The molecule has 2 aliphatic rings. The molecule has 2 rings (SSSR count). The van der Waals surface area contributed by atoms with E-state index in [2.05, 4.69) is 24.4 Å². The summed E-state index contributed by atoms with van der Waals surface area (Å²) in [6.45, 7) is 2.88. The fourth-order valence-corrected chi connectivity index (χ4v) is 1.58. The monoisotopic (exact) mass is 175 g/mol. The predicted octanol–water partition coefficient (Wildman–Crippen LogP) is 1.56. The maximum atomic E-state index is 11.5. The van der Waals surface area contributed by atoms with Crippen LogP contribution in [0.1, 0.15) is 13.3 Å². The maximum absolute atomic E-state index is 11.5. The van der Waals surface area contributed by atoms with Crippen LogP contribution in [-0.2, 0) is 4.79 Å². The van der Waals surface area contributed by atoms with Crippen molar-refractivity contribution in [3.05, 3.63) is 35.6 Å². The molecule has 2 nitrogen and oxygen atoms in total. The van der Waals surface area contributed by atoms with E-state index in [0.29, 0.717) is 12.3 Å². The molecule has 0 saturated carbocycles. The molecule has 0 spiro atoms. The number of carbonyl (C=O) groups is 1. The number of ketones is 1. The van der Waals surface area contributed by atoms with E-state index in [1.165, 1.54) is 0 Å². The van der Waals surface area contributed by atoms with E-state index in [0.717, 1.165) is 17.8 Å². The van der Waals surface area contributed by atoms with Crippen LogP contribution in [0.5, 0.6) is 0 Å². The van der Waals surface area contributed by atoms with Gasteiger partial charge in [-0.05, 0) is 12.0 Å². The number of allylic oxidation sites excluding steroid dienone is 5. The van der Waals surface area contributed by atoms with E-state index in [-0.39, 0.29) is 5.78 Å². The molecule has 1 aliphatic carbocycles. The number of nitrogens with one attached hydrogen (secondary N) is 1. The van der Waals surface area contributed by atoms with Gasteiger partial charge in [0, 0.05) is 24.2 Å². The highest BCUT2D eigenvalue weighted by Crippen LogP contribution is 2.18. The zero-order valence-corrected chi connectivity index (χ0v) is 7.71. The van der Waals surface area contributed by atoms with Gasteiger partial charge >= 0.3 is 0 Å². The van der Waals surface area contributed by atoms with Crippen LogP contribution >= 0.6 is 0 Å². The predicted molar refractivity (Wildman–Crippen MR) is 52.1 cm³/mol. The molecule has 0 fully saturated rings. The van der Waals surface area contributed by atoms with Crippen LogP contribution in [0.2, 0.25) is 0 Å². The van der Waals surface area contributed by atoms with Crippen molar-refractivity contribution in [1.29, 1.82) is 0 Å². The highest BCUT2D eigenvalue weighted by molar-refractivity contribution is 6.00. The van der Waals surface area contributed by atoms with Crippen molar-refractivity contribution in [3.63, 3.8) is 0 Å². The lowest BCUT2D eigenvalue weighted by Gasteiger charge is -2.15. The maximum Gasteiger partial charge on any atom is 0.166 e. The second-order valence-corrected chi connectivity index (χ2v) is 3.50. The first-order chi connectivity index (χ1) is 6.27. The molecule has 0 aromatic carbocycles. The van der Waals surface area contributed by atoms with Gasteiger partial charge in [0.2, 0.25) is 0 Å². The van der Waals surface area contributed by atoms with E-state index in [1.54, 1.807) is 0 Å². The summed E-state index contributed by atoms with van der Waals surface area (Å²) >= 11 is 0. The van der Waals surface area contributed by atoms with Crippen molar-refractivity contribution in [2.24, 2.45) is 5.92 Å². The third-order valence-corrected chi connectivity index (χ3v) is 2.39. The number of rotatable bonds is 0. The second kappa shape index (κ2) is 3.21.